The van der Waals surface area contributed by atoms with Crippen molar-refractivity contribution in [2.45, 2.75) is 38.6 Å². The minimum absolute atomic E-state index is 0.0251. The number of rotatable bonds is 8. The van der Waals surface area contributed by atoms with Gasteiger partial charge >= 0.3 is 0 Å². The number of amides is 1. The van der Waals surface area contributed by atoms with E-state index in [1.54, 1.807) is 26.8 Å². The van der Waals surface area contributed by atoms with E-state index in [1.165, 1.54) is 29.6 Å². The first-order chi connectivity index (χ1) is 12.7. The number of carbonyl (C=O) groups is 1. The Morgan fingerprint density at radius 3 is 2.41 bits per heavy atom. The summed E-state index contributed by atoms with van der Waals surface area (Å²) in [6.07, 6.45) is 0. The highest BCUT2D eigenvalue weighted by atomic mass is 32.2. The van der Waals surface area contributed by atoms with Crippen molar-refractivity contribution in [2.75, 3.05) is 20.2 Å². The Morgan fingerprint density at radius 2 is 1.89 bits per heavy atom. The molecule has 148 valence electrons. The molecule has 0 aliphatic carbocycles. The first kappa shape index (κ1) is 21.0. The topological polar surface area (TPSA) is 88.9 Å². The molecular formula is C19H26N2O5S. The lowest BCUT2D eigenvalue weighted by Gasteiger charge is -2.20. The van der Waals surface area contributed by atoms with Crippen LogP contribution >= 0.6 is 0 Å². The van der Waals surface area contributed by atoms with Gasteiger partial charge in [-0.25, -0.2) is 8.42 Å². The maximum Gasteiger partial charge on any atom is 0.251 e. The van der Waals surface area contributed by atoms with Crippen LogP contribution in [0, 0.1) is 6.92 Å². The first-order valence-electron chi connectivity index (χ1n) is 8.79. The first-order valence-corrected chi connectivity index (χ1v) is 10.2. The third-order valence-electron chi connectivity index (χ3n) is 4.28. The molecule has 0 radical (unpaired) electrons. The molecule has 0 bridgehead atoms. The van der Waals surface area contributed by atoms with Gasteiger partial charge in [0.2, 0.25) is 10.0 Å². The Kier molecular flexibility index (Phi) is 6.67. The van der Waals surface area contributed by atoms with Crippen molar-refractivity contribution in [1.29, 1.82) is 0 Å². The lowest BCUT2D eigenvalue weighted by atomic mass is 10.1. The Labute approximate surface area is 160 Å². The van der Waals surface area contributed by atoms with E-state index in [-0.39, 0.29) is 22.3 Å². The molecule has 27 heavy (non-hydrogen) atoms. The number of nitrogens with one attached hydrogen (secondary N) is 1. The average molecular weight is 394 g/mol. The summed E-state index contributed by atoms with van der Waals surface area (Å²) < 4.78 is 37.8. The van der Waals surface area contributed by atoms with E-state index in [0.29, 0.717) is 18.8 Å². The van der Waals surface area contributed by atoms with Gasteiger partial charge < -0.3 is 14.5 Å². The van der Waals surface area contributed by atoms with Gasteiger partial charge in [-0.05, 0) is 44.2 Å². The van der Waals surface area contributed by atoms with Gasteiger partial charge in [0.1, 0.15) is 22.2 Å². The number of methoxy groups -OCH3 is 1. The summed E-state index contributed by atoms with van der Waals surface area (Å²) in [5.41, 5.74) is 0.233. The maximum atomic E-state index is 12.9. The molecular weight excluding hydrogens is 368 g/mol. The lowest BCUT2D eigenvalue weighted by molar-refractivity contribution is 0.0935. The highest BCUT2D eigenvalue weighted by Crippen LogP contribution is 2.28. The highest BCUT2D eigenvalue weighted by Gasteiger charge is 2.27. The van der Waals surface area contributed by atoms with Gasteiger partial charge in [-0.2, -0.15) is 4.31 Å². The van der Waals surface area contributed by atoms with Crippen molar-refractivity contribution in [3.05, 3.63) is 47.4 Å². The average Bonchev–Trinajstić information content (AvgIpc) is 3.08. The van der Waals surface area contributed by atoms with Crippen LogP contribution in [0.4, 0.5) is 0 Å². The number of furan rings is 1. The molecule has 1 aromatic heterocycles. The number of benzene rings is 1. The zero-order valence-corrected chi connectivity index (χ0v) is 17.1. The van der Waals surface area contributed by atoms with Crippen LogP contribution in [0.5, 0.6) is 5.75 Å². The normalized spacial score (nSPS) is 12.8. The van der Waals surface area contributed by atoms with Crippen molar-refractivity contribution in [2.24, 2.45) is 0 Å². The number of aryl methyl sites for hydroxylation is 1. The molecule has 1 N–H and O–H groups in total. The molecule has 0 saturated carbocycles. The summed E-state index contributed by atoms with van der Waals surface area (Å²) >= 11 is 0. The predicted molar refractivity (Wildman–Crippen MR) is 102 cm³/mol. The zero-order chi connectivity index (χ0) is 20.2. The zero-order valence-electron chi connectivity index (χ0n) is 16.3. The Hall–Kier alpha value is -2.32. The second kappa shape index (κ2) is 8.58. The summed E-state index contributed by atoms with van der Waals surface area (Å²) in [5, 5.41) is 2.82. The van der Waals surface area contributed by atoms with Gasteiger partial charge in [0.15, 0.2) is 0 Å². The molecule has 2 aromatic rings. The fourth-order valence-corrected chi connectivity index (χ4v) is 4.40. The van der Waals surface area contributed by atoms with E-state index in [1.807, 2.05) is 13.0 Å². The van der Waals surface area contributed by atoms with Gasteiger partial charge in [0.05, 0.1) is 13.2 Å². The summed E-state index contributed by atoms with van der Waals surface area (Å²) in [7, 11) is -2.37. The van der Waals surface area contributed by atoms with E-state index in [4.69, 9.17) is 9.15 Å². The monoisotopic (exact) mass is 394 g/mol. The van der Waals surface area contributed by atoms with E-state index in [9.17, 15) is 13.2 Å². The molecule has 1 aromatic carbocycles. The molecule has 1 amide bonds. The van der Waals surface area contributed by atoms with Crippen molar-refractivity contribution < 1.29 is 22.4 Å². The van der Waals surface area contributed by atoms with Crippen LogP contribution < -0.4 is 10.1 Å². The van der Waals surface area contributed by atoms with Gasteiger partial charge in [0, 0.05) is 18.7 Å². The highest BCUT2D eigenvalue weighted by molar-refractivity contribution is 7.89. The second-order valence-electron chi connectivity index (χ2n) is 6.10. The smallest absolute Gasteiger partial charge is 0.251 e. The van der Waals surface area contributed by atoms with E-state index >= 15 is 0 Å². The molecule has 7 nitrogen and oxygen atoms in total. The molecule has 0 saturated heterocycles. The van der Waals surface area contributed by atoms with Crippen molar-refractivity contribution in [3.63, 3.8) is 0 Å². The fourth-order valence-electron chi connectivity index (χ4n) is 2.76. The molecule has 0 aliphatic rings. The molecule has 0 spiro atoms. The van der Waals surface area contributed by atoms with Crippen LogP contribution in [-0.2, 0) is 10.0 Å². The lowest BCUT2D eigenvalue weighted by Crippen LogP contribution is -2.31. The summed E-state index contributed by atoms with van der Waals surface area (Å²) in [5.74, 6) is 1.19. The van der Waals surface area contributed by atoms with E-state index < -0.39 is 15.9 Å². The van der Waals surface area contributed by atoms with Crippen LogP contribution in [0.25, 0.3) is 0 Å². The SMILES string of the molecule is CCN(CC)S(=O)(=O)c1cc(C(=O)NC(C)c2ccc(C)o2)ccc1OC. The molecule has 1 atom stereocenters. The van der Waals surface area contributed by atoms with Gasteiger partial charge in [0.25, 0.3) is 5.91 Å². The van der Waals surface area contributed by atoms with Crippen molar-refractivity contribution in [1.82, 2.24) is 9.62 Å². The number of sulfonamides is 1. The number of nitrogens with zero attached hydrogens (tertiary/aromatic N) is 1. The molecule has 1 heterocycles. The largest absolute Gasteiger partial charge is 0.495 e. The van der Waals surface area contributed by atoms with Gasteiger partial charge in [-0.3, -0.25) is 4.79 Å². The second-order valence-corrected chi connectivity index (χ2v) is 8.00. The predicted octanol–water partition coefficient (Wildman–Crippen LogP) is 3.12. The summed E-state index contributed by atoms with van der Waals surface area (Å²) in [6.45, 7) is 7.80. The summed E-state index contributed by atoms with van der Waals surface area (Å²) in [4.78, 5) is 12.6. The van der Waals surface area contributed by atoms with Crippen LogP contribution in [-0.4, -0.2) is 38.8 Å². The number of hydrogen-bond acceptors (Lipinski definition) is 5. The van der Waals surface area contributed by atoms with Crippen LogP contribution in [0.1, 0.15) is 48.7 Å². The number of carbonyl (C=O) groups excluding carboxylic acids is 1. The summed E-state index contributed by atoms with van der Waals surface area (Å²) in [6, 6.07) is 7.64. The molecule has 1 unspecified atom stereocenters. The minimum atomic E-state index is -3.77. The molecule has 8 heteroatoms. The fraction of sp³-hybridized carbons (Fsp3) is 0.421. The molecule has 0 fully saturated rings. The van der Waals surface area contributed by atoms with Crippen LogP contribution in [0.2, 0.25) is 0 Å². The number of ether oxygens (including phenoxy) is 1. The van der Waals surface area contributed by atoms with Gasteiger partial charge in [-0.1, -0.05) is 13.8 Å². The molecule has 0 aliphatic heterocycles. The van der Waals surface area contributed by atoms with E-state index in [0.717, 1.165) is 5.76 Å². The van der Waals surface area contributed by atoms with E-state index in [2.05, 4.69) is 5.32 Å². The third-order valence-corrected chi connectivity index (χ3v) is 6.36. The maximum absolute atomic E-state index is 12.9. The standard InChI is InChI=1S/C19H26N2O5S/c1-6-21(7-2)27(23,24)18-12-15(9-11-17(18)25-5)19(22)20-14(4)16-10-8-13(3)26-16/h8-12,14H,6-7H2,1-5H3,(H,20,22). The Morgan fingerprint density at radius 1 is 1.22 bits per heavy atom. The van der Waals surface area contributed by atoms with Crippen molar-refractivity contribution in [3.8, 4) is 5.75 Å². The molecule has 2 rings (SSSR count). The van der Waals surface area contributed by atoms with Crippen LogP contribution in [0.15, 0.2) is 39.6 Å². The Bertz CT molecular complexity index is 901. The third kappa shape index (κ3) is 4.51. The van der Waals surface area contributed by atoms with Gasteiger partial charge in [-0.15, -0.1) is 0 Å². The quantitative estimate of drug-likeness (QED) is 0.743. The van der Waals surface area contributed by atoms with Crippen molar-refractivity contribution >= 4 is 15.9 Å². The Balaban J connectivity index is 2.34. The number of hydrogen-bond donors (Lipinski definition) is 1. The van der Waals surface area contributed by atoms with Crippen LogP contribution in [0.3, 0.4) is 0 Å². The minimum Gasteiger partial charge on any atom is -0.495 e.